The molecule has 2 aromatic rings. The normalized spacial score (nSPS) is 18.8. The van der Waals surface area contributed by atoms with E-state index in [1.165, 1.54) is 5.01 Å². The zero-order valence-electron chi connectivity index (χ0n) is 20.1. The van der Waals surface area contributed by atoms with E-state index < -0.39 is 0 Å². The van der Waals surface area contributed by atoms with Gasteiger partial charge in [-0.3, -0.25) is 0 Å². The molecule has 2 aliphatic heterocycles. The predicted octanol–water partition coefficient (Wildman–Crippen LogP) is 2.79. The van der Waals surface area contributed by atoms with Crippen LogP contribution in [0, 0.1) is 0 Å². The minimum atomic E-state index is -0.234. The number of fused-ring (bicyclic) bond motifs is 1. The summed E-state index contributed by atoms with van der Waals surface area (Å²) >= 11 is 0. The number of hydrazone groups is 1. The molecular formula is C25H33N5O3. The third-order valence-electron chi connectivity index (χ3n) is 6.42. The van der Waals surface area contributed by atoms with Gasteiger partial charge >= 0.3 is 6.03 Å². The summed E-state index contributed by atoms with van der Waals surface area (Å²) in [4.78, 5) is 17.4. The Morgan fingerprint density at radius 1 is 1.06 bits per heavy atom. The highest BCUT2D eigenvalue weighted by Crippen LogP contribution is 2.35. The molecule has 0 spiro atoms. The lowest BCUT2D eigenvalue weighted by molar-refractivity contribution is 0.184. The van der Waals surface area contributed by atoms with Crippen molar-refractivity contribution >= 4 is 17.4 Å². The van der Waals surface area contributed by atoms with E-state index >= 15 is 0 Å². The van der Waals surface area contributed by atoms with Crippen LogP contribution in [0.25, 0.3) is 0 Å². The highest BCUT2D eigenvalue weighted by atomic mass is 16.5. The summed E-state index contributed by atoms with van der Waals surface area (Å²) in [6.45, 7) is 6.04. The molecule has 1 N–H and O–H groups in total. The number of benzene rings is 2. The Balaban J connectivity index is 1.84. The summed E-state index contributed by atoms with van der Waals surface area (Å²) in [6.07, 6.45) is 0.647. The zero-order valence-corrected chi connectivity index (χ0v) is 20.1. The van der Waals surface area contributed by atoms with E-state index in [9.17, 15) is 4.79 Å². The maximum atomic E-state index is 12.7. The second kappa shape index (κ2) is 9.70. The SMILES string of the molecule is CNC(=O)N1N=C(c2cccc(N3CCN(C)CC3)c2)c2cc(OC)c(OC)cc2CC1C. The molecule has 2 aliphatic rings. The summed E-state index contributed by atoms with van der Waals surface area (Å²) in [6, 6.07) is 12.0. The lowest BCUT2D eigenvalue weighted by Crippen LogP contribution is -2.44. The molecule has 0 bridgehead atoms. The Kier molecular flexibility index (Phi) is 6.74. The van der Waals surface area contributed by atoms with Gasteiger partial charge < -0.3 is 24.6 Å². The van der Waals surface area contributed by atoms with Crippen molar-refractivity contribution in [3.05, 3.63) is 53.1 Å². The number of hydrogen-bond donors (Lipinski definition) is 1. The average molecular weight is 452 g/mol. The molecule has 1 atom stereocenters. The van der Waals surface area contributed by atoms with Crippen LogP contribution in [0.2, 0.25) is 0 Å². The number of methoxy groups -OCH3 is 2. The largest absolute Gasteiger partial charge is 0.493 e. The third-order valence-corrected chi connectivity index (χ3v) is 6.42. The number of nitrogens with one attached hydrogen (secondary N) is 1. The van der Waals surface area contributed by atoms with Gasteiger partial charge in [-0.15, -0.1) is 0 Å². The average Bonchev–Trinajstić information content (AvgIpc) is 2.98. The van der Waals surface area contributed by atoms with Crippen molar-refractivity contribution in [2.75, 3.05) is 59.4 Å². The van der Waals surface area contributed by atoms with Gasteiger partial charge in [-0.2, -0.15) is 5.10 Å². The number of likely N-dealkylation sites (N-methyl/N-ethyl adjacent to an activating group) is 1. The summed E-state index contributed by atoms with van der Waals surface area (Å²) in [5.74, 6) is 1.31. The zero-order chi connectivity index (χ0) is 23.5. The van der Waals surface area contributed by atoms with Crippen molar-refractivity contribution < 1.29 is 14.3 Å². The van der Waals surface area contributed by atoms with E-state index in [0.717, 1.165) is 54.3 Å². The first-order chi connectivity index (χ1) is 15.9. The van der Waals surface area contributed by atoms with Crippen LogP contribution in [-0.4, -0.2) is 82.2 Å². The van der Waals surface area contributed by atoms with Gasteiger partial charge in [-0.05, 0) is 50.2 Å². The number of carbonyl (C=O) groups excluding carboxylic acids is 1. The Bertz CT molecular complexity index is 1050. The number of carbonyl (C=O) groups is 1. The fraction of sp³-hybridized carbons (Fsp3) is 0.440. The van der Waals surface area contributed by atoms with Crippen molar-refractivity contribution in [1.29, 1.82) is 0 Å². The molecule has 2 amide bonds. The first-order valence-corrected chi connectivity index (χ1v) is 11.3. The predicted molar refractivity (Wildman–Crippen MR) is 131 cm³/mol. The van der Waals surface area contributed by atoms with Gasteiger partial charge in [0.2, 0.25) is 0 Å². The third kappa shape index (κ3) is 4.61. The number of piperazine rings is 1. The van der Waals surface area contributed by atoms with E-state index in [0.29, 0.717) is 17.9 Å². The molecule has 4 rings (SSSR count). The standard InChI is InChI=1S/C25H33N5O3/c1-17-13-19-15-22(32-4)23(33-5)16-21(19)24(27-30(17)25(31)26-2)18-7-6-8-20(14-18)29-11-9-28(3)10-12-29/h6-8,14-17H,9-13H2,1-5H3,(H,26,31). The molecular weight excluding hydrogens is 418 g/mol. The monoisotopic (exact) mass is 451 g/mol. The number of anilines is 1. The van der Waals surface area contributed by atoms with Gasteiger partial charge in [-0.1, -0.05) is 12.1 Å². The number of hydrogen-bond acceptors (Lipinski definition) is 6. The maximum Gasteiger partial charge on any atom is 0.337 e. The van der Waals surface area contributed by atoms with Crippen LogP contribution in [0.1, 0.15) is 23.6 Å². The van der Waals surface area contributed by atoms with Gasteiger partial charge in [0, 0.05) is 50.0 Å². The number of urea groups is 1. The van der Waals surface area contributed by atoms with Crippen molar-refractivity contribution in [2.24, 2.45) is 5.10 Å². The molecule has 8 nitrogen and oxygen atoms in total. The van der Waals surface area contributed by atoms with E-state index in [-0.39, 0.29) is 12.1 Å². The molecule has 1 saturated heterocycles. The van der Waals surface area contributed by atoms with E-state index in [1.807, 2.05) is 19.1 Å². The van der Waals surface area contributed by atoms with E-state index in [2.05, 4.69) is 46.4 Å². The highest BCUT2D eigenvalue weighted by Gasteiger charge is 2.28. The van der Waals surface area contributed by atoms with Crippen molar-refractivity contribution in [3.63, 3.8) is 0 Å². The summed E-state index contributed by atoms with van der Waals surface area (Å²) in [5, 5.41) is 9.14. The summed E-state index contributed by atoms with van der Waals surface area (Å²) < 4.78 is 11.1. The molecule has 0 radical (unpaired) electrons. The van der Waals surface area contributed by atoms with Crippen molar-refractivity contribution in [3.8, 4) is 11.5 Å². The van der Waals surface area contributed by atoms with E-state index in [4.69, 9.17) is 14.6 Å². The van der Waals surface area contributed by atoms with Gasteiger partial charge in [0.15, 0.2) is 11.5 Å². The van der Waals surface area contributed by atoms with Crippen LogP contribution in [0.5, 0.6) is 11.5 Å². The van der Waals surface area contributed by atoms with Gasteiger partial charge in [-0.25, -0.2) is 9.80 Å². The van der Waals surface area contributed by atoms with Crippen LogP contribution < -0.4 is 19.7 Å². The van der Waals surface area contributed by atoms with Crippen LogP contribution in [0.3, 0.4) is 0 Å². The first-order valence-electron chi connectivity index (χ1n) is 11.3. The number of amides is 2. The van der Waals surface area contributed by atoms with Gasteiger partial charge in [0.1, 0.15) is 0 Å². The Hall–Kier alpha value is -3.26. The molecule has 0 saturated carbocycles. The fourth-order valence-electron chi connectivity index (χ4n) is 4.46. The smallest absolute Gasteiger partial charge is 0.337 e. The lowest BCUT2D eigenvalue weighted by atomic mass is 9.93. The topological polar surface area (TPSA) is 69.6 Å². The minimum absolute atomic E-state index is 0.125. The van der Waals surface area contributed by atoms with E-state index in [1.54, 1.807) is 21.3 Å². The second-order valence-electron chi connectivity index (χ2n) is 8.61. The quantitative estimate of drug-likeness (QED) is 0.774. The Morgan fingerprint density at radius 2 is 1.76 bits per heavy atom. The molecule has 2 aromatic carbocycles. The summed E-state index contributed by atoms with van der Waals surface area (Å²) in [7, 11) is 7.05. The molecule has 2 heterocycles. The van der Waals surface area contributed by atoms with Crippen LogP contribution in [0.4, 0.5) is 10.5 Å². The minimum Gasteiger partial charge on any atom is -0.493 e. The highest BCUT2D eigenvalue weighted by molar-refractivity contribution is 6.15. The molecule has 0 aliphatic carbocycles. The molecule has 8 heteroatoms. The van der Waals surface area contributed by atoms with Crippen LogP contribution in [-0.2, 0) is 6.42 Å². The number of rotatable bonds is 4. The van der Waals surface area contributed by atoms with Crippen molar-refractivity contribution in [2.45, 2.75) is 19.4 Å². The number of nitrogens with zero attached hydrogens (tertiary/aromatic N) is 4. The van der Waals surface area contributed by atoms with Crippen LogP contribution in [0.15, 0.2) is 41.5 Å². The molecule has 0 aromatic heterocycles. The molecule has 33 heavy (non-hydrogen) atoms. The molecule has 1 unspecified atom stereocenters. The Morgan fingerprint density at radius 3 is 2.42 bits per heavy atom. The van der Waals surface area contributed by atoms with Crippen LogP contribution >= 0.6 is 0 Å². The van der Waals surface area contributed by atoms with Crippen molar-refractivity contribution in [1.82, 2.24) is 15.2 Å². The fourth-order valence-corrected chi connectivity index (χ4v) is 4.46. The second-order valence-corrected chi connectivity index (χ2v) is 8.61. The Labute approximate surface area is 195 Å². The summed E-state index contributed by atoms with van der Waals surface area (Å²) in [5.41, 5.74) is 4.88. The first kappa shape index (κ1) is 22.9. The maximum absolute atomic E-state index is 12.7. The van der Waals surface area contributed by atoms with Gasteiger partial charge in [0.25, 0.3) is 0 Å². The lowest BCUT2D eigenvalue weighted by Gasteiger charge is -2.34. The van der Waals surface area contributed by atoms with Gasteiger partial charge in [0.05, 0.1) is 26.0 Å². The molecule has 1 fully saturated rings. The number of ether oxygens (including phenoxy) is 2. The molecule has 176 valence electrons.